The van der Waals surface area contributed by atoms with Crippen LogP contribution in [0, 0.1) is 11.7 Å². The molecule has 9 nitrogen and oxygen atoms in total. The highest BCUT2D eigenvalue weighted by Crippen LogP contribution is 2.42. The van der Waals surface area contributed by atoms with Crippen molar-refractivity contribution in [1.29, 1.82) is 0 Å². The van der Waals surface area contributed by atoms with E-state index in [1.54, 1.807) is 38.5 Å². The number of aromatic nitrogens is 3. The van der Waals surface area contributed by atoms with Crippen LogP contribution in [0.2, 0.25) is 0 Å². The number of amides is 2. The van der Waals surface area contributed by atoms with Crippen LogP contribution in [0.4, 0.5) is 14.9 Å². The number of carbonyl (C=O) groups is 3. The van der Waals surface area contributed by atoms with Crippen molar-refractivity contribution in [3.05, 3.63) is 47.3 Å². The third-order valence-corrected chi connectivity index (χ3v) is 7.07. The highest BCUT2D eigenvalue weighted by Gasteiger charge is 2.38. The standard InChI is InChI=1S/C28H27FN4O5/c1-28(2,3)38-27(37)33-20-8-7-15-11-21(32(13-14-5-6-14)23(15)17(20)12-22(33)34)25-30-19-10-16(26(35)36)9-18(29)24(19)31(25)4/h7-11,14H,5-6,12-13H2,1-4H3,(H,35,36). The summed E-state index contributed by atoms with van der Waals surface area (Å²) in [6.07, 6.45) is 1.51. The van der Waals surface area contributed by atoms with Crippen molar-refractivity contribution in [1.82, 2.24) is 14.1 Å². The van der Waals surface area contributed by atoms with Crippen molar-refractivity contribution in [2.45, 2.75) is 52.2 Å². The Balaban J connectivity index is 1.55. The number of hydrogen-bond acceptors (Lipinski definition) is 5. The average Bonchev–Trinajstić information content (AvgIpc) is 3.33. The summed E-state index contributed by atoms with van der Waals surface area (Å²) in [7, 11) is 1.70. The van der Waals surface area contributed by atoms with E-state index >= 15 is 0 Å². The molecule has 2 aromatic heterocycles. The third kappa shape index (κ3) is 3.82. The first-order valence-corrected chi connectivity index (χ1v) is 12.5. The van der Waals surface area contributed by atoms with Gasteiger partial charge in [0.1, 0.15) is 16.9 Å². The number of imidazole rings is 1. The van der Waals surface area contributed by atoms with E-state index in [9.17, 15) is 23.9 Å². The van der Waals surface area contributed by atoms with Crippen LogP contribution < -0.4 is 4.90 Å². The summed E-state index contributed by atoms with van der Waals surface area (Å²) >= 11 is 0. The van der Waals surface area contributed by atoms with E-state index in [1.807, 2.05) is 12.1 Å². The zero-order chi connectivity index (χ0) is 27.1. The number of carboxylic acids is 1. The van der Waals surface area contributed by atoms with Crippen molar-refractivity contribution in [3.8, 4) is 11.5 Å². The predicted molar refractivity (Wildman–Crippen MR) is 139 cm³/mol. The summed E-state index contributed by atoms with van der Waals surface area (Å²) in [5.74, 6) is -1.29. The number of carbonyl (C=O) groups excluding carboxylic acids is 2. The molecule has 0 bridgehead atoms. The van der Waals surface area contributed by atoms with Crippen LogP contribution in [0.3, 0.4) is 0 Å². The Morgan fingerprint density at radius 3 is 2.55 bits per heavy atom. The largest absolute Gasteiger partial charge is 0.478 e. The zero-order valence-corrected chi connectivity index (χ0v) is 21.5. The number of ether oxygens (including phenoxy) is 1. The number of benzene rings is 2. The van der Waals surface area contributed by atoms with Crippen LogP contribution >= 0.6 is 0 Å². The van der Waals surface area contributed by atoms with E-state index in [4.69, 9.17) is 4.74 Å². The second-order valence-electron chi connectivity index (χ2n) is 11.1. The van der Waals surface area contributed by atoms with Crippen LogP contribution in [0.5, 0.6) is 0 Å². The lowest BCUT2D eigenvalue weighted by Crippen LogP contribution is -2.38. The topological polar surface area (TPSA) is 107 Å². The average molecular weight is 519 g/mol. The molecule has 3 heterocycles. The van der Waals surface area contributed by atoms with Crippen LogP contribution in [-0.4, -0.2) is 42.8 Å². The fourth-order valence-electron chi connectivity index (χ4n) is 5.26. The lowest BCUT2D eigenvalue weighted by Gasteiger charge is -2.23. The minimum atomic E-state index is -1.23. The molecule has 0 atom stereocenters. The van der Waals surface area contributed by atoms with Gasteiger partial charge in [0.2, 0.25) is 5.91 Å². The molecule has 2 aromatic carbocycles. The molecule has 0 spiro atoms. The van der Waals surface area contributed by atoms with Gasteiger partial charge < -0.3 is 19.0 Å². The lowest BCUT2D eigenvalue weighted by molar-refractivity contribution is -0.117. The molecule has 2 amide bonds. The molecule has 0 saturated heterocycles. The van der Waals surface area contributed by atoms with E-state index in [0.29, 0.717) is 24.0 Å². The van der Waals surface area contributed by atoms with Gasteiger partial charge in [-0.25, -0.2) is 23.9 Å². The van der Waals surface area contributed by atoms with E-state index in [1.165, 1.54) is 6.07 Å². The van der Waals surface area contributed by atoms with Crippen LogP contribution in [0.15, 0.2) is 30.3 Å². The van der Waals surface area contributed by atoms with Gasteiger partial charge in [-0.3, -0.25) is 4.79 Å². The third-order valence-electron chi connectivity index (χ3n) is 7.07. The predicted octanol–water partition coefficient (Wildman–Crippen LogP) is 5.27. The van der Waals surface area contributed by atoms with Gasteiger partial charge in [0.15, 0.2) is 5.82 Å². The Kier molecular flexibility index (Phi) is 5.17. The van der Waals surface area contributed by atoms with Gasteiger partial charge in [-0.2, -0.15) is 0 Å². The summed E-state index contributed by atoms with van der Waals surface area (Å²) in [5, 5.41) is 10.2. The number of aromatic carboxylic acids is 1. The summed E-state index contributed by atoms with van der Waals surface area (Å²) in [4.78, 5) is 43.2. The molecule has 4 aromatic rings. The van der Waals surface area contributed by atoms with E-state index in [2.05, 4.69) is 9.55 Å². The Bertz CT molecular complexity index is 1690. The van der Waals surface area contributed by atoms with Crippen molar-refractivity contribution in [3.63, 3.8) is 0 Å². The first kappa shape index (κ1) is 24.1. The lowest BCUT2D eigenvalue weighted by atomic mass is 10.1. The summed E-state index contributed by atoms with van der Waals surface area (Å²) in [5.41, 5.74) is 2.35. The van der Waals surface area contributed by atoms with Crippen molar-refractivity contribution >= 4 is 45.6 Å². The fraction of sp³-hybridized carbons (Fsp3) is 0.357. The molecule has 1 fully saturated rings. The normalized spacial score (nSPS) is 15.5. The van der Waals surface area contributed by atoms with E-state index in [-0.39, 0.29) is 28.9 Å². The number of carboxylic acid groups (broad SMARTS) is 1. The monoisotopic (exact) mass is 518 g/mol. The van der Waals surface area contributed by atoms with Crippen molar-refractivity contribution in [2.75, 3.05) is 4.90 Å². The van der Waals surface area contributed by atoms with Gasteiger partial charge in [0.25, 0.3) is 0 Å². The summed E-state index contributed by atoms with van der Waals surface area (Å²) in [6.45, 7) is 5.94. The molecule has 10 heteroatoms. The molecule has 1 saturated carbocycles. The summed E-state index contributed by atoms with van der Waals surface area (Å²) in [6, 6.07) is 7.94. The molecule has 6 rings (SSSR count). The van der Waals surface area contributed by atoms with Gasteiger partial charge in [-0.1, -0.05) is 6.07 Å². The number of hydrogen-bond donors (Lipinski definition) is 1. The number of anilines is 1. The maximum absolute atomic E-state index is 15.0. The number of aryl methyl sites for hydroxylation is 1. The number of imide groups is 1. The van der Waals surface area contributed by atoms with Gasteiger partial charge in [0, 0.05) is 24.5 Å². The maximum atomic E-state index is 15.0. The van der Waals surface area contributed by atoms with Gasteiger partial charge in [-0.15, -0.1) is 0 Å². The second-order valence-corrected chi connectivity index (χ2v) is 11.1. The quantitative estimate of drug-likeness (QED) is 0.395. The van der Waals surface area contributed by atoms with Crippen LogP contribution in [-0.2, 0) is 29.5 Å². The molecule has 0 radical (unpaired) electrons. The fourth-order valence-corrected chi connectivity index (χ4v) is 5.26. The molecule has 2 aliphatic rings. The Labute approximate surface area is 217 Å². The first-order valence-electron chi connectivity index (χ1n) is 12.5. The molecule has 196 valence electrons. The highest BCUT2D eigenvalue weighted by atomic mass is 19.1. The smallest absolute Gasteiger partial charge is 0.421 e. The van der Waals surface area contributed by atoms with E-state index < -0.39 is 23.5 Å². The van der Waals surface area contributed by atoms with Crippen molar-refractivity contribution in [2.24, 2.45) is 13.0 Å². The number of nitrogens with zero attached hydrogens (tertiary/aromatic N) is 4. The number of halogens is 1. The Morgan fingerprint density at radius 2 is 1.89 bits per heavy atom. The van der Waals surface area contributed by atoms with Crippen molar-refractivity contribution < 1.29 is 28.6 Å². The maximum Gasteiger partial charge on any atom is 0.421 e. The molecule has 1 aliphatic carbocycles. The number of rotatable bonds is 4. The molecular weight excluding hydrogens is 491 g/mol. The molecule has 1 aliphatic heterocycles. The Morgan fingerprint density at radius 1 is 1.16 bits per heavy atom. The minimum Gasteiger partial charge on any atom is -0.478 e. The molecule has 0 unspecified atom stereocenters. The second kappa shape index (κ2) is 8.14. The van der Waals surface area contributed by atoms with Crippen LogP contribution in [0.25, 0.3) is 33.5 Å². The SMILES string of the molecule is Cn1c(-c2cc3ccc4c(c3n2CC2CC2)CC(=O)N4C(=O)OC(C)(C)C)nc2cc(C(=O)O)cc(F)c21. The molecule has 1 N–H and O–H groups in total. The molecule has 38 heavy (non-hydrogen) atoms. The van der Waals surface area contributed by atoms with Gasteiger partial charge >= 0.3 is 12.1 Å². The van der Waals surface area contributed by atoms with Crippen LogP contribution in [0.1, 0.15) is 49.5 Å². The van der Waals surface area contributed by atoms with E-state index in [0.717, 1.165) is 46.0 Å². The molecular formula is C28H27FN4O5. The number of fused-ring (bicyclic) bond motifs is 4. The minimum absolute atomic E-state index is 0.0547. The van der Waals surface area contributed by atoms with Gasteiger partial charge in [0.05, 0.1) is 34.4 Å². The first-order chi connectivity index (χ1) is 17.9. The highest BCUT2D eigenvalue weighted by molar-refractivity contribution is 6.19. The summed E-state index contributed by atoms with van der Waals surface area (Å²) < 4.78 is 24.2. The Hall–Kier alpha value is -4.21. The van der Waals surface area contributed by atoms with Gasteiger partial charge in [-0.05, 0) is 63.8 Å². The zero-order valence-electron chi connectivity index (χ0n) is 21.5.